The maximum absolute atomic E-state index is 12.8. The minimum Gasteiger partial charge on any atom is -0.494 e. The molecule has 8 nitrogen and oxygen atoms in total. The van der Waals surface area contributed by atoms with Crippen molar-refractivity contribution in [3.8, 4) is 11.5 Å². The summed E-state index contributed by atoms with van der Waals surface area (Å²) in [4.78, 5) is 12.8. The molecule has 0 aliphatic carbocycles. The van der Waals surface area contributed by atoms with E-state index in [1.807, 2.05) is 30.7 Å². The van der Waals surface area contributed by atoms with Crippen molar-refractivity contribution in [2.45, 2.75) is 58.7 Å². The van der Waals surface area contributed by atoms with Crippen LogP contribution in [0.1, 0.15) is 60.0 Å². The van der Waals surface area contributed by atoms with E-state index in [1.54, 1.807) is 0 Å². The summed E-state index contributed by atoms with van der Waals surface area (Å²) in [5, 5.41) is 14.7. The molecule has 29 heavy (non-hydrogen) atoms. The zero-order valence-corrected chi connectivity index (χ0v) is 17.3. The van der Waals surface area contributed by atoms with Gasteiger partial charge in [-0.3, -0.25) is 4.79 Å². The first-order valence-corrected chi connectivity index (χ1v) is 10.4. The molecule has 1 fully saturated rings. The molecule has 4 rings (SSSR count). The van der Waals surface area contributed by atoms with Crippen molar-refractivity contribution in [2.24, 2.45) is 0 Å². The van der Waals surface area contributed by atoms with Crippen molar-refractivity contribution in [3.05, 3.63) is 34.6 Å². The lowest BCUT2D eigenvalue weighted by Crippen LogP contribution is -2.30. The van der Waals surface area contributed by atoms with Gasteiger partial charge >= 0.3 is 0 Å². The van der Waals surface area contributed by atoms with Crippen molar-refractivity contribution in [1.29, 1.82) is 0 Å². The highest BCUT2D eigenvalue weighted by Crippen LogP contribution is 2.35. The number of ether oxygens (including phenoxy) is 2. The van der Waals surface area contributed by atoms with Gasteiger partial charge in [-0.25, -0.2) is 4.68 Å². The quantitative estimate of drug-likeness (QED) is 0.774. The smallest absolute Gasteiger partial charge is 0.274 e. The highest BCUT2D eigenvalue weighted by molar-refractivity contribution is 5.93. The molecule has 0 radical (unpaired) electrons. The van der Waals surface area contributed by atoms with Crippen LogP contribution in [-0.4, -0.2) is 46.7 Å². The molecule has 156 valence electrons. The molecule has 8 heteroatoms. The largest absolute Gasteiger partial charge is 0.494 e. The van der Waals surface area contributed by atoms with Gasteiger partial charge in [0.1, 0.15) is 17.6 Å². The molecule has 1 amide bonds. The number of piperidine rings is 1. The number of carbonyl (C=O) groups is 1. The van der Waals surface area contributed by atoms with Gasteiger partial charge in [-0.05, 0) is 58.8 Å². The summed E-state index contributed by atoms with van der Waals surface area (Å²) >= 11 is 0. The minimum absolute atomic E-state index is 0.164. The maximum Gasteiger partial charge on any atom is 0.274 e. The highest BCUT2D eigenvalue weighted by atomic mass is 16.5. The molecule has 1 aromatic carbocycles. The number of hydrogen-bond acceptors (Lipinski definition) is 6. The van der Waals surface area contributed by atoms with Gasteiger partial charge in [0.2, 0.25) is 0 Å². The second-order valence-corrected chi connectivity index (χ2v) is 7.77. The Morgan fingerprint density at radius 1 is 1.38 bits per heavy atom. The number of rotatable bonds is 6. The third kappa shape index (κ3) is 4.07. The van der Waals surface area contributed by atoms with Gasteiger partial charge in [-0.1, -0.05) is 5.21 Å². The fourth-order valence-corrected chi connectivity index (χ4v) is 4.12. The number of hydrogen-bond donors (Lipinski definition) is 2. The van der Waals surface area contributed by atoms with Gasteiger partial charge in [0.05, 0.1) is 18.3 Å². The second-order valence-electron chi connectivity index (χ2n) is 7.77. The van der Waals surface area contributed by atoms with Crippen LogP contribution >= 0.6 is 0 Å². The third-order valence-electron chi connectivity index (χ3n) is 5.62. The van der Waals surface area contributed by atoms with Crippen LogP contribution in [0.2, 0.25) is 0 Å². The summed E-state index contributed by atoms with van der Waals surface area (Å²) in [6.45, 7) is 8.76. The molecule has 0 saturated carbocycles. The van der Waals surface area contributed by atoms with Crippen molar-refractivity contribution in [1.82, 2.24) is 25.6 Å². The van der Waals surface area contributed by atoms with Crippen LogP contribution in [0.5, 0.6) is 11.5 Å². The van der Waals surface area contributed by atoms with E-state index < -0.39 is 0 Å². The van der Waals surface area contributed by atoms with Crippen molar-refractivity contribution in [3.63, 3.8) is 0 Å². The lowest BCUT2D eigenvalue weighted by Gasteiger charge is -2.23. The number of aromatic nitrogens is 3. The maximum atomic E-state index is 12.8. The Hall–Kier alpha value is -2.61. The molecule has 0 bridgehead atoms. The molecular formula is C21H29N5O3. The van der Waals surface area contributed by atoms with E-state index in [0.29, 0.717) is 24.9 Å². The highest BCUT2D eigenvalue weighted by Gasteiger charge is 2.24. The average molecular weight is 399 g/mol. The molecule has 2 aliphatic rings. The normalized spacial score (nSPS) is 18.9. The van der Waals surface area contributed by atoms with E-state index in [-0.39, 0.29) is 12.0 Å². The number of benzene rings is 1. The van der Waals surface area contributed by atoms with Crippen LogP contribution < -0.4 is 20.1 Å². The second kappa shape index (κ2) is 8.41. The minimum atomic E-state index is -0.222. The lowest BCUT2D eigenvalue weighted by atomic mass is 10.1. The molecule has 2 aromatic rings. The van der Waals surface area contributed by atoms with Crippen molar-refractivity contribution < 1.29 is 14.3 Å². The molecule has 0 spiro atoms. The van der Waals surface area contributed by atoms with E-state index in [0.717, 1.165) is 60.7 Å². The molecule has 2 aliphatic heterocycles. The van der Waals surface area contributed by atoms with Crippen LogP contribution in [0.4, 0.5) is 0 Å². The van der Waals surface area contributed by atoms with E-state index in [9.17, 15) is 4.79 Å². The number of fused-ring (bicyclic) bond motifs is 1. The van der Waals surface area contributed by atoms with Gasteiger partial charge in [-0.15, -0.1) is 5.10 Å². The fraction of sp³-hybridized carbons (Fsp3) is 0.571. The first kappa shape index (κ1) is 19.7. The van der Waals surface area contributed by atoms with Gasteiger partial charge < -0.3 is 20.1 Å². The topological polar surface area (TPSA) is 90.3 Å². The number of nitrogens with one attached hydrogen (secondary N) is 2. The Balaban J connectivity index is 1.47. The van der Waals surface area contributed by atoms with Gasteiger partial charge in [0.25, 0.3) is 5.91 Å². The molecule has 1 atom stereocenters. The SMILES string of the molecule is CCOc1cc2c(cc1CNC(=O)c1nnn(C3CCNCC3)c1C)OC(C)C2. The zero-order chi connectivity index (χ0) is 20.4. The summed E-state index contributed by atoms with van der Waals surface area (Å²) in [5.41, 5.74) is 3.24. The predicted octanol–water partition coefficient (Wildman–Crippen LogP) is 2.16. The molecule has 1 saturated heterocycles. The number of nitrogens with zero attached hydrogens (tertiary/aromatic N) is 3. The Kier molecular flexibility index (Phi) is 5.71. The summed E-state index contributed by atoms with van der Waals surface area (Å²) < 4.78 is 13.6. The van der Waals surface area contributed by atoms with Crippen LogP contribution in [0, 0.1) is 6.92 Å². The monoisotopic (exact) mass is 399 g/mol. The van der Waals surface area contributed by atoms with Crippen LogP contribution in [0.15, 0.2) is 12.1 Å². The standard InChI is InChI=1S/C21H29N5O3/c1-4-28-18-10-15-9-13(2)29-19(15)11-16(18)12-23-21(27)20-14(3)26(25-24-20)17-5-7-22-8-6-17/h10-11,13,17,22H,4-9,12H2,1-3H3,(H,23,27). The van der Waals surface area contributed by atoms with Gasteiger partial charge in [-0.2, -0.15) is 0 Å². The van der Waals surface area contributed by atoms with Crippen molar-refractivity contribution in [2.75, 3.05) is 19.7 Å². The molecule has 2 N–H and O–H groups in total. The summed E-state index contributed by atoms with van der Waals surface area (Å²) in [7, 11) is 0. The summed E-state index contributed by atoms with van der Waals surface area (Å²) in [6, 6.07) is 4.30. The third-order valence-corrected chi connectivity index (χ3v) is 5.62. The zero-order valence-electron chi connectivity index (χ0n) is 17.3. The van der Waals surface area contributed by atoms with Crippen LogP contribution in [0.25, 0.3) is 0 Å². The summed E-state index contributed by atoms with van der Waals surface area (Å²) in [6.07, 6.45) is 3.03. The van der Waals surface area contributed by atoms with Crippen LogP contribution in [0.3, 0.4) is 0 Å². The van der Waals surface area contributed by atoms with E-state index in [2.05, 4.69) is 27.9 Å². The first-order valence-electron chi connectivity index (χ1n) is 10.4. The Morgan fingerprint density at radius 3 is 2.93 bits per heavy atom. The Morgan fingerprint density at radius 2 is 2.17 bits per heavy atom. The van der Waals surface area contributed by atoms with E-state index in [1.165, 1.54) is 0 Å². The van der Waals surface area contributed by atoms with E-state index in [4.69, 9.17) is 9.47 Å². The van der Waals surface area contributed by atoms with Crippen molar-refractivity contribution >= 4 is 5.91 Å². The predicted molar refractivity (Wildman–Crippen MR) is 108 cm³/mol. The Bertz CT molecular complexity index is 889. The number of carbonyl (C=O) groups excluding carboxylic acids is 1. The fourth-order valence-electron chi connectivity index (χ4n) is 4.12. The summed E-state index contributed by atoms with van der Waals surface area (Å²) in [5.74, 6) is 1.44. The lowest BCUT2D eigenvalue weighted by molar-refractivity contribution is 0.0944. The number of amides is 1. The molecule has 1 aromatic heterocycles. The van der Waals surface area contributed by atoms with Gasteiger partial charge in [0.15, 0.2) is 5.69 Å². The van der Waals surface area contributed by atoms with Gasteiger partial charge in [0, 0.05) is 24.1 Å². The molecular weight excluding hydrogens is 370 g/mol. The first-order chi connectivity index (χ1) is 14.1. The molecule has 1 unspecified atom stereocenters. The molecule has 3 heterocycles. The van der Waals surface area contributed by atoms with E-state index >= 15 is 0 Å². The Labute approximate surface area is 171 Å². The van der Waals surface area contributed by atoms with Crippen LogP contribution in [-0.2, 0) is 13.0 Å². The average Bonchev–Trinajstić information content (AvgIpc) is 3.28.